The van der Waals surface area contributed by atoms with Gasteiger partial charge in [-0.25, -0.2) is 8.42 Å². The Labute approximate surface area is 171 Å². The molecule has 1 aliphatic heterocycles. The Morgan fingerprint density at radius 2 is 1.93 bits per heavy atom. The molecule has 2 aromatic carbocycles. The van der Waals surface area contributed by atoms with E-state index in [2.05, 4.69) is 5.32 Å². The smallest absolute Gasteiger partial charge is 0.261 e. The molecule has 2 unspecified atom stereocenters. The summed E-state index contributed by atoms with van der Waals surface area (Å²) in [6.45, 7) is 4.33. The maximum Gasteiger partial charge on any atom is 0.261 e. The van der Waals surface area contributed by atoms with Gasteiger partial charge in [0.05, 0.1) is 18.0 Å². The highest BCUT2D eigenvalue weighted by Gasteiger charge is 2.31. The summed E-state index contributed by atoms with van der Waals surface area (Å²) >= 11 is 0. The zero-order chi connectivity index (χ0) is 21.0. The first-order valence-corrected chi connectivity index (χ1v) is 11.3. The van der Waals surface area contributed by atoms with E-state index in [-0.39, 0.29) is 24.9 Å². The average Bonchev–Trinajstić information content (AvgIpc) is 2.87. The van der Waals surface area contributed by atoms with Crippen LogP contribution in [-0.2, 0) is 14.8 Å². The molecule has 0 bridgehead atoms. The summed E-state index contributed by atoms with van der Waals surface area (Å²) < 4.78 is 37.2. The molecule has 29 heavy (non-hydrogen) atoms. The minimum Gasteiger partial charge on any atom is -0.491 e. The van der Waals surface area contributed by atoms with Crippen LogP contribution in [0.2, 0.25) is 0 Å². The molecular formula is C21H26N2O5S. The van der Waals surface area contributed by atoms with Crippen molar-refractivity contribution in [3.05, 3.63) is 54.1 Å². The molecule has 1 heterocycles. The highest BCUT2D eigenvalue weighted by molar-refractivity contribution is 7.92. The maximum atomic E-state index is 12.7. The van der Waals surface area contributed by atoms with Gasteiger partial charge in [-0.3, -0.25) is 9.10 Å². The Balaban J connectivity index is 1.63. The molecule has 1 amide bonds. The van der Waals surface area contributed by atoms with Crippen LogP contribution in [0.15, 0.2) is 48.5 Å². The normalized spacial score (nSPS) is 17.5. The summed E-state index contributed by atoms with van der Waals surface area (Å²) in [6, 6.07) is 14.3. The number of anilines is 1. The molecule has 1 aliphatic rings. The zero-order valence-corrected chi connectivity index (χ0v) is 17.6. The quantitative estimate of drug-likeness (QED) is 0.779. The van der Waals surface area contributed by atoms with E-state index in [4.69, 9.17) is 9.47 Å². The van der Waals surface area contributed by atoms with Crippen molar-refractivity contribution in [3.63, 3.8) is 0 Å². The van der Waals surface area contributed by atoms with Gasteiger partial charge in [0.15, 0.2) is 6.10 Å². The van der Waals surface area contributed by atoms with Crippen LogP contribution in [0.5, 0.6) is 11.5 Å². The second-order valence-electron chi connectivity index (χ2n) is 7.23. The Morgan fingerprint density at radius 3 is 2.62 bits per heavy atom. The number of rotatable bonds is 6. The standard InChI is InChI=1S/C21H26N2O5S/c1-15-8-10-17(11-9-15)27-14-16(2)22-21(24)20-12-13-23(29(3,25)26)18-6-4-5-7-19(18)28-20/h4-11,16,20H,12-14H2,1-3H3,(H,22,24). The number of hydrogen-bond donors (Lipinski definition) is 1. The van der Waals surface area contributed by atoms with Gasteiger partial charge in [-0.2, -0.15) is 0 Å². The topological polar surface area (TPSA) is 84.9 Å². The van der Waals surface area contributed by atoms with Crippen LogP contribution in [0.25, 0.3) is 0 Å². The maximum absolute atomic E-state index is 12.7. The lowest BCUT2D eigenvalue weighted by Crippen LogP contribution is -2.45. The third-order valence-electron chi connectivity index (χ3n) is 4.60. The van der Waals surface area contributed by atoms with Gasteiger partial charge >= 0.3 is 0 Å². The third-order valence-corrected chi connectivity index (χ3v) is 5.78. The van der Waals surface area contributed by atoms with Crippen molar-refractivity contribution in [2.24, 2.45) is 0 Å². The second kappa shape index (κ2) is 8.73. The van der Waals surface area contributed by atoms with Gasteiger partial charge in [0.1, 0.15) is 18.1 Å². The lowest BCUT2D eigenvalue weighted by Gasteiger charge is -2.20. The minimum absolute atomic E-state index is 0.169. The van der Waals surface area contributed by atoms with Gasteiger partial charge in [-0.15, -0.1) is 0 Å². The number of nitrogens with one attached hydrogen (secondary N) is 1. The van der Waals surface area contributed by atoms with E-state index in [9.17, 15) is 13.2 Å². The summed E-state index contributed by atoms with van der Waals surface area (Å²) in [7, 11) is -3.48. The van der Waals surface area contributed by atoms with E-state index in [1.54, 1.807) is 24.3 Å². The van der Waals surface area contributed by atoms with E-state index < -0.39 is 16.1 Å². The molecule has 0 aromatic heterocycles. The predicted octanol–water partition coefficient (Wildman–Crippen LogP) is 2.50. The van der Waals surface area contributed by atoms with Gasteiger partial charge in [-0.1, -0.05) is 29.8 Å². The zero-order valence-electron chi connectivity index (χ0n) is 16.8. The van der Waals surface area contributed by atoms with Crippen molar-refractivity contribution in [2.75, 3.05) is 23.7 Å². The fraction of sp³-hybridized carbons (Fsp3) is 0.381. The van der Waals surface area contributed by atoms with Crippen LogP contribution in [0.3, 0.4) is 0 Å². The molecule has 0 aliphatic carbocycles. The molecule has 2 aromatic rings. The number of hydrogen-bond acceptors (Lipinski definition) is 5. The van der Waals surface area contributed by atoms with E-state index in [0.29, 0.717) is 18.0 Å². The summed E-state index contributed by atoms with van der Waals surface area (Å²) in [5, 5.41) is 2.89. The van der Waals surface area contributed by atoms with E-state index >= 15 is 0 Å². The Kier molecular flexibility index (Phi) is 6.32. The van der Waals surface area contributed by atoms with Crippen molar-refractivity contribution in [2.45, 2.75) is 32.4 Å². The van der Waals surface area contributed by atoms with Crippen molar-refractivity contribution >= 4 is 21.6 Å². The largest absolute Gasteiger partial charge is 0.491 e. The molecule has 0 saturated heterocycles. The molecule has 0 spiro atoms. The van der Waals surface area contributed by atoms with Gasteiger partial charge in [0.25, 0.3) is 5.91 Å². The number of nitrogens with zero attached hydrogens (tertiary/aromatic N) is 1. The van der Waals surface area contributed by atoms with Crippen LogP contribution in [0.1, 0.15) is 18.9 Å². The first kappa shape index (κ1) is 21.0. The highest BCUT2D eigenvalue weighted by atomic mass is 32.2. The summed E-state index contributed by atoms with van der Waals surface area (Å²) in [5.74, 6) is 0.814. The van der Waals surface area contributed by atoms with Crippen molar-refractivity contribution in [3.8, 4) is 11.5 Å². The SMILES string of the molecule is Cc1ccc(OCC(C)NC(=O)C2CCN(S(C)(=O)=O)c3ccccc3O2)cc1. The van der Waals surface area contributed by atoms with Gasteiger partial charge in [-0.05, 0) is 38.1 Å². The van der Waals surface area contributed by atoms with Crippen LogP contribution < -0.4 is 19.1 Å². The molecular weight excluding hydrogens is 392 g/mol. The number of para-hydroxylation sites is 2. The van der Waals surface area contributed by atoms with E-state index in [1.165, 1.54) is 4.31 Å². The lowest BCUT2D eigenvalue weighted by atomic mass is 10.2. The summed E-state index contributed by atoms with van der Waals surface area (Å²) in [4.78, 5) is 12.7. The number of ether oxygens (including phenoxy) is 2. The van der Waals surface area contributed by atoms with Crippen LogP contribution in [-0.4, -0.2) is 45.9 Å². The predicted molar refractivity (Wildman–Crippen MR) is 112 cm³/mol. The molecule has 0 fully saturated rings. The summed E-state index contributed by atoms with van der Waals surface area (Å²) in [5.41, 5.74) is 1.59. The van der Waals surface area contributed by atoms with Crippen molar-refractivity contribution in [1.82, 2.24) is 5.32 Å². The first-order valence-electron chi connectivity index (χ1n) is 9.47. The second-order valence-corrected chi connectivity index (χ2v) is 9.14. The molecule has 8 heteroatoms. The van der Waals surface area contributed by atoms with Crippen molar-refractivity contribution < 1.29 is 22.7 Å². The van der Waals surface area contributed by atoms with E-state index in [0.717, 1.165) is 17.6 Å². The molecule has 0 saturated carbocycles. The Hall–Kier alpha value is -2.74. The van der Waals surface area contributed by atoms with Gasteiger partial charge < -0.3 is 14.8 Å². The third kappa shape index (κ3) is 5.41. The molecule has 156 valence electrons. The van der Waals surface area contributed by atoms with Gasteiger partial charge in [0.2, 0.25) is 10.0 Å². The number of sulfonamides is 1. The lowest BCUT2D eigenvalue weighted by molar-refractivity contribution is -0.128. The van der Waals surface area contributed by atoms with E-state index in [1.807, 2.05) is 38.1 Å². The molecule has 2 atom stereocenters. The number of carbonyl (C=O) groups excluding carboxylic acids is 1. The summed E-state index contributed by atoms with van der Waals surface area (Å²) in [6.07, 6.45) is 0.609. The average molecular weight is 419 g/mol. The van der Waals surface area contributed by atoms with Gasteiger partial charge in [0, 0.05) is 13.0 Å². The Bertz CT molecular complexity index is 959. The number of benzene rings is 2. The van der Waals surface area contributed by atoms with Crippen LogP contribution >= 0.6 is 0 Å². The highest BCUT2D eigenvalue weighted by Crippen LogP contribution is 2.33. The fourth-order valence-electron chi connectivity index (χ4n) is 3.09. The first-order chi connectivity index (χ1) is 13.7. The molecule has 7 nitrogen and oxygen atoms in total. The number of amides is 1. The molecule has 0 radical (unpaired) electrons. The Morgan fingerprint density at radius 1 is 1.24 bits per heavy atom. The minimum atomic E-state index is -3.48. The molecule has 3 rings (SSSR count). The number of carbonyl (C=O) groups is 1. The molecule has 1 N–H and O–H groups in total. The van der Waals surface area contributed by atoms with Crippen LogP contribution in [0.4, 0.5) is 5.69 Å². The van der Waals surface area contributed by atoms with Crippen LogP contribution in [0, 0.1) is 6.92 Å². The number of fused-ring (bicyclic) bond motifs is 1. The van der Waals surface area contributed by atoms with Crippen molar-refractivity contribution in [1.29, 1.82) is 0 Å². The number of aryl methyl sites for hydroxylation is 1. The monoisotopic (exact) mass is 418 g/mol. The fourth-order valence-corrected chi connectivity index (χ4v) is 4.04.